The molecule has 0 aromatic carbocycles. The zero-order chi connectivity index (χ0) is 12.7. The maximum Gasteiger partial charge on any atom is 0.468 e. The van der Waals surface area contributed by atoms with Crippen molar-refractivity contribution in [2.24, 2.45) is 14.0 Å². The van der Waals surface area contributed by atoms with Crippen LogP contribution in [0.5, 0.6) is 0 Å². The fourth-order valence-corrected chi connectivity index (χ4v) is 2.31. The predicted octanol–water partition coefficient (Wildman–Crippen LogP) is 0.885. The number of hydrogen-bond donors (Lipinski definition) is 0. The first-order valence-corrected chi connectivity index (χ1v) is 5.78. The van der Waals surface area contributed by atoms with Crippen molar-refractivity contribution >= 4 is 26.8 Å². The second-order valence-corrected chi connectivity index (χ2v) is 5.22. The van der Waals surface area contributed by atoms with E-state index in [1.54, 1.807) is 0 Å². The topological polar surface area (TPSA) is 88.3 Å². The molecule has 0 aromatic heterocycles. The molecule has 0 aromatic rings. The maximum absolute atomic E-state index is 11.9. The summed E-state index contributed by atoms with van der Waals surface area (Å²) in [4.78, 5) is 29.9. The molecule has 16 heavy (non-hydrogen) atoms. The van der Waals surface area contributed by atoms with Gasteiger partial charge in [0.05, 0.1) is 0 Å². The van der Waals surface area contributed by atoms with Crippen molar-refractivity contribution < 1.29 is 27.6 Å². The number of rotatable bonds is 5. The summed E-state index contributed by atoms with van der Waals surface area (Å²) in [7, 11) is -4.02. The van der Waals surface area contributed by atoms with Crippen LogP contribution >= 0.6 is 0 Å². The van der Waals surface area contributed by atoms with Crippen LogP contribution in [-0.4, -0.2) is 33.0 Å². The van der Waals surface area contributed by atoms with Gasteiger partial charge in [0.15, 0.2) is 0 Å². The van der Waals surface area contributed by atoms with Crippen molar-refractivity contribution in [2.45, 2.75) is 18.6 Å². The van der Waals surface area contributed by atoms with Crippen molar-refractivity contribution in [1.29, 1.82) is 0 Å². The third-order valence-corrected chi connectivity index (χ3v) is 3.69. The Balaban J connectivity index is 5.12. The highest BCUT2D eigenvalue weighted by atomic mass is 28.4. The van der Waals surface area contributed by atoms with Crippen LogP contribution in [0.2, 0.25) is 6.04 Å². The van der Waals surface area contributed by atoms with Crippen LogP contribution in [0.1, 0.15) is 6.42 Å². The monoisotopic (exact) mass is 251 g/mol. The second kappa shape index (κ2) is 5.89. The number of nitrogens with zero attached hydrogens (tertiary/aromatic N) is 3. The molecule has 0 heterocycles. The Bertz CT molecular complexity index is 346. The number of isocyanates is 3. The molecule has 0 aliphatic carbocycles. The molecule has 0 saturated heterocycles. The van der Waals surface area contributed by atoms with Crippen LogP contribution in [0.4, 0.5) is 13.2 Å². The summed E-state index contributed by atoms with van der Waals surface area (Å²) in [6.45, 7) is 0. The molecule has 0 atom stereocenters. The predicted molar refractivity (Wildman–Crippen MR) is 45.6 cm³/mol. The van der Waals surface area contributed by atoms with Gasteiger partial charge in [-0.3, -0.25) is 0 Å². The van der Waals surface area contributed by atoms with Crippen molar-refractivity contribution in [3.63, 3.8) is 0 Å². The number of halogens is 3. The minimum atomic E-state index is -4.53. The van der Waals surface area contributed by atoms with E-state index in [1.807, 2.05) is 0 Å². The van der Waals surface area contributed by atoms with Crippen molar-refractivity contribution in [3.05, 3.63) is 0 Å². The van der Waals surface area contributed by atoms with Gasteiger partial charge in [-0.2, -0.15) is 27.1 Å². The highest BCUT2D eigenvalue weighted by molar-refractivity contribution is 6.76. The fourth-order valence-electron chi connectivity index (χ4n) is 0.771. The lowest BCUT2D eigenvalue weighted by molar-refractivity contribution is -0.130. The van der Waals surface area contributed by atoms with E-state index in [4.69, 9.17) is 0 Å². The molecule has 0 aliphatic heterocycles. The average Bonchev–Trinajstić information content (AvgIpc) is 2.15. The lowest BCUT2D eigenvalue weighted by atomic mass is 10.5. The standard InChI is InChI=1S/C6H4F3N3O3Si/c7-6(8,9)1-2-16(10-3-13,11-4-14)12-5-15/h1-2H2. The largest absolute Gasteiger partial charge is 0.468 e. The van der Waals surface area contributed by atoms with Crippen LogP contribution in [0.3, 0.4) is 0 Å². The average molecular weight is 251 g/mol. The summed E-state index contributed by atoms with van der Waals surface area (Å²) in [5.74, 6) is 0. The molecule has 0 rings (SSSR count). The molecule has 0 spiro atoms. The zero-order valence-corrected chi connectivity index (χ0v) is 8.61. The number of carbonyl (C=O) groups excluding carboxylic acids is 3. The Kier molecular flexibility index (Phi) is 5.21. The van der Waals surface area contributed by atoms with E-state index >= 15 is 0 Å². The summed E-state index contributed by atoms with van der Waals surface area (Å²) < 4.78 is 44.5. The van der Waals surface area contributed by atoms with Gasteiger partial charge in [-0.25, -0.2) is 14.4 Å². The summed E-state index contributed by atoms with van der Waals surface area (Å²) >= 11 is 0. The normalized spacial score (nSPS) is 13.7. The molecule has 6 nitrogen and oxygen atoms in total. The summed E-state index contributed by atoms with van der Waals surface area (Å²) in [6.07, 6.45) is -3.09. The maximum atomic E-state index is 11.9. The van der Waals surface area contributed by atoms with E-state index in [0.29, 0.717) is 0 Å². The van der Waals surface area contributed by atoms with Crippen LogP contribution in [0.15, 0.2) is 14.0 Å². The third kappa shape index (κ3) is 5.13. The Morgan fingerprint density at radius 1 is 0.938 bits per heavy atom. The van der Waals surface area contributed by atoms with E-state index in [9.17, 15) is 27.6 Å². The molecule has 0 bridgehead atoms. The van der Waals surface area contributed by atoms with E-state index in [0.717, 1.165) is 18.2 Å². The first-order valence-electron chi connectivity index (χ1n) is 3.73. The van der Waals surface area contributed by atoms with E-state index < -0.39 is 27.2 Å². The van der Waals surface area contributed by atoms with Gasteiger partial charge in [0, 0.05) is 12.5 Å². The Labute approximate surface area is 87.9 Å². The van der Waals surface area contributed by atoms with E-state index in [-0.39, 0.29) is 0 Å². The zero-order valence-electron chi connectivity index (χ0n) is 7.61. The Morgan fingerprint density at radius 3 is 1.56 bits per heavy atom. The molecule has 86 valence electrons. The summed E-state index contributed by atoms with van der Waals surface area (Å²) in [5, 5.41) is 0. The van der Waals surface area contributed by atoms with Crippen molar-refractivity contribution in [1.82, 2.24) is 0 Å². The lowest BCUT2D eigenvalue weighted by Gasteiger charge is -2.12. The molecular weight excluding hydrogens is 247 g/mol. The molecule has 10 heteroatoms. The Hall–Kier alpha value is -1.85. The minimum Gasteiger partial charge on any atom is -0.212 e. The fraction of sp³-hybridized carbons (Fsp3) is 0.500. The van der Waals surface area contributed by atoms with Gasteiger partial charge in [-0.1, -0.05) is 0 Å². The highest BCUT2D eigenvalue weighted by Gasteiger charge is 2.41. The summed E-state index contributed by atoms with van der Waals surface area (Å²) in [6, 6.07) is -0.837. The molecule has 0 fully saturated rings. The van der Waals surface area contributed by atoms with Gasteiger partial charge in [0.2, 0.25) is 18.2 Å². The van der Waals surface area contributed by atoms with Crippen LogP contribution in [0, 0.1) is 0 Å². The van der Waals surface area contributed by atoms with Gasteiger partial charge in [0.1, 0.15) is 0 Å². The highest BCUT2D eigenvalue weighted by Crippen LogP contribution is 2.27. The lowest BCUT2D eigenvalue weighted by Crippen LogP contribution is -2.30. The molecule has 0 aliphatic rings. The molecule has 0 unspecified atom stereocenters. The first kappa shape index (κ1) is 14.1. The third-order valence-electron chi connectivity index (χ3n) is 1.42. The van der Waals surface area contributed by atoms with Crippen LogP contribution in [-0.2, 0) is 14.4 Å². The first-order chi connectivity index (χ1) is 7.39. The molecule has 0 radical (unpaired) electrons. The summed E-state index contributed by atoms with van der Waals surface area (Å²) in [5.41, 5.74) is 0. The van der Waals surface area contributed by atoms with Gasteiger partial charge in [-0.05, 0) is 0 Å². The van der Waals surface area contributed by atoms with Crippen molar-refractivity contribution in [3.8, 4) is 0 Å². The van der Waals surface area contributed by atoms with Gasteiger partial charge in [0.25, 0.3) is 0 Å². The quantitative estimate of drug-likeness (QED) is 0.413. The van der Waals surface area contributed by atoms with Crippen molar-refractivity contribution in [2.75, 3.05) is 0 Å². The van der Waals surface area contributed by atoms with E-state index in [1.165, 1.54) is 0 Å². The van der Waals surface area contributed by atoms with Gasteiger partial charge in [-0.15, -0.1) is 0 Å². The van der Waals surface area contributed by atoms with Crippen LogP contribution < -0.4 is 0 Å². The smallest absolute Gasteiger partial charge is 0.212 e. The SMILES string of the molecule is O=C=N[Si](CCC(F)(F)F)(N=C=O)N=C=O. The number of alkyl halides is 3. The molecule has 0 saturated carbocycles. The Morgan fingerprint density at radius 2 is 1.31 bits per heavy atom. The van der Waals surface area contributed by atoms with E-state index in [2.05, 4.69) is 14.0 Å². The van der Waals surface area contributed by atoms with Crippen LogP contribution in [0.25, 0.3) is 0 Å². The van der Waals surface area contributed by atoms with Gasteiger partial charge >= 0.3 is 14.7 Å². The molecular formula is C6H4F3N3O3Si. The van der Waals surface area contributed by atoms with Gasteiger partial charge < -0.3 is 0 Å². The minimum absolute atomic E-state index is 0.837. The molecule has 0 N–H and O–H groups in total. The number of hydrogen-bond acceptors (Lipinski definition) is 6. The second-order valence-electron chi connectivity index (χ2n) is 2.50. The molecule has 0 amide bonds.